The number of carbonyl (C=O) groups is 1. The molecule has 0 spiro atoms. The summed E-state index contributed by atoms with van der Waals surface area (Å²) in [5.74, 6) is 6.07. The van der Waals surface area contributed by atoms with Crippen LogP contribution in [0.25, 0.3) is 0 Å². The molecule has 0 aromatic carbocycles. The lowest BCUT2D eigenvalue weighted by molar-refractivity contribution is 0.0514. The lowest BCUT2D eigenvalue weighted by Crippen LogP contribution is -2.20. The zero-order valence-corrected chi connectivity index (χ0v) is 9.57. The van der Waals surface area contributed by atoms with Crippen LogP contribution in [0, 0.1) is 6.92 Å². The quantitative estimate of drug-likeness (QED) is 0.602. The third kappa shape index (κ3) is 2.11. The first-order chi connectivity index (χ1) is 6.99. The number of aromatic nitrogens is 2. The number of aryl methyl sites for hydroxylation is 1. The summed E-state index contributed by atoms with van der Waals surface area (Å²) in [6.45, 7) is 7.78. The van der Waals surface area contributed by atoms with Gasteiger partial charge < -0.3 is 10.6 Å². The van der Waals surface area contributed by atoms with E-state index in [-0.39, 0.29) is 5.92 Å². The van der Waals surface area contributed by atoms with E-state index in [9.17, 15) is 4.79 Å². The second-order valence-corrected chi connectivity index (χ2v) is 3.64. The number of rotatable bonds is 3. The average Bonchev–Trinajstić information content (AvgIpc) is 2.44. The Labute approximate surface area is 89.2 Å². The number of ether oxygens (including phenoxy) is 1. The van der Waals surface area contributed by atoms with Crippen LogP contribution in [-0.2, 0) is 4.74 Å². The van der Waals surface area contributed by atoms with Gasteiger partial charge in [-0.3, -0.25) is 0 Å². The summed E-state index contributed by atoms with van der Waals surface area (Å²) in [6, 6.07) is 0. The lowest BCUT2D eigenvalue weighted by Gasteiger charge is -2.07. The van der Waals surface area contributed by atoms with Crippen LogP contribution in [0.4, 0.5) is 0 Å². The smallest absolute Gasteiger partial charge is 0.358 e. The maximum Gasteiger partial charge on any atom is 0.358 e. The van der Waals surface area contributed by atoms with Crippen LogP contribution in [0.3, 0.4) is 0 Å². The van der Waals surface area contributed by atoms with Crippen LogP contribution in [0.2, 0.25) is 0 Å². The van der Waals surface area contributed by atoms with Gasteiger partial charge in [-0.15, -0.1) is 0 Å². The van der Waals surface area contributed by atoms with Crippen LogP contribution in [0.15, 0.2) is 0 Å². The highest BCUT2D eigenvalue weighted by Gasteiger charge is 2.22. The summed E-state index contributed by atoms with van der Waals surface area (Å²) in [6.07, 6.45) is 0. The molecule has 0 fully saturated rings. The van der Waals surface area contributed by atoms with Crippen LogP contribution in [0.1, 0.15) is 48.7 Å². The number of nitrogens with two attached hydrogens (primary N) is 1. The predicted octanol–water partition coefficient (Wildman–Crippen LogP) is 1.21. The summed E-state index contributed by atoms with van der Waals surface area (Å²) < 4.78 is 6.22. The fourth-order valence-corrected chi connectivity index (χ4v) is 1.37. The van der Waals surface area contributed by atoms with Gasteiger partial charge in [0.1, 0.15) is 5.82 Å². The second-order valence-electron chi connectivity index (χ2n) is 3.64. The third-order valence-corrected chi connectivity index (χ3v) is 2.13. The number of imidazole rings is 1. The second kappa shape index (κ2) is 4.33. The van der Waals surface area contributed by atoms with Gasteiger partial charge in [0.2, 0.25) is 0 Å². The van der Waals surface area contributed by atoms with Crippen molar-refractivity contribution in [2.45, 2.75) is 33.6 Å². The molecule has 84 valence electrons. The van der Waals surface area contributed by atoms with E-state index in [1.165, 1.54) is 4.68 Å². The minimum atomic E-state index is -0.413. The minimum absolute atomic E-state index is 0.146. The van der Waals surface area contributed by atoms with Gasteiger partial charge in [0, 0.05) is 0 Å². The molecule has 15 heavy (non-hydrogen) atoms. The molecule has 5 heteroatoms. The van der Waals surface area contributed by atoms with E-state index in [0.717, 1.165) is 0 Å². The number of nitrogens with zero attached hydrogens (tertiary/aromatic N) is 2. The molecule has 1 aromatic rings. The first-order valence-electron chi connectivity index (χ1n) is 5.00. The molecule has 0 aliphatic heterocycles. The van der Waals surface area contributed by atoms with Gasteiger partial charge in [0.25, 0.3) is 0 Å². The molecular formula is C10H17N3O2. The fraction of sp³-hybridized carbons (Fsp3) is 0.600. The molecule has 5 nitrogen and oxygen atoms in total. The molecular weight excluding hydrogens is 194 g/mol. The molecule has 0 saturated carbocycles. The van der Waals surface area contributed by atoms with Gasteiger partial charge >= 0.3 is 5.97 Å². The average molecular weight is 211 g/mol. The van der Waals surface area contributed by atoms with E-state index in [2.05, 4.69) is 4.98 Å². The van der Waals surface area contributed by atoms with E-state index in [0.29, 0.717) is 23.8 Å². The van der Waals surface area contributed by atoms with Gasteiger partial charge in [0.15, 0.2) is 5.69 Å². The van der Waals surface area contributed by atoms with Crippen LogP contribution < -0.4 is 5.84 Å². The SMILES string of the molecule is CCOC(=O)c1c(C(C)C)nc(C)n1N. The van der Waals surface area contributed by atoms with E-state index in [1.807, 2.05) is 13.8 Å². The van der Waals surface area contributed by atoms with E-state index in [4.69, 9.17) is 10.6 Å². The van der Waals surface area contributed by atoms with Crippen molar-refractivity contribution in [3.8, 4) is 0 Å². The summed E-state index contributed by atoms with van der Waals surface area (Å²) in [7, 11) is 0. The maximum absolute atomic E-state index is 11.6. The van der Waals surface area contributed by atoms with E-state index >= 15 is 0 Å². The highest BCUT2D eigenvalue weighted by atomic mass is 16.5. The highest BCUT2D eigenvalue weighted by molar-refractivity contribution is 5.89. The normalized spacial score (nSPS) is 10.7. The highest BCUT2D eigenvalue weighted by Crippen LogP contribution is 2.19. The molecule has 0 bridgehead atoms. The van der Waals surface area contributed by atoms with Crippen molar-refractivity contribution in [3.63, 3.8) is 0 Å². The van der Waals surface area contributed by atoms with Crippen molar-refractivity contribution in [1.29, 1.82) is 0 Å². The third-order valence-electron chi connectivity index (χ3n) is 2.13. The molecule has 0 aliphatic rings. The Morgan fingerprint density at radius 1 is 1.60 bits per heavy atom. The molecule has 1 rings (SSSR count). The van der Waals surface area contributed by atoms with Crippen molar-refractivity contribution >= 4 is 5.97 Å². The Bertz CT molecular complexity index is 369. The first-order valence-corrected chi connectivity index (χ1v) is 5.00. The van der Waals surface area contributed by atoms with Gasteiger partial charge in [0.05, 0.1) is 12.3 Å². The number of esters is 1. The minimum Gasteiger partial charge on any atom is -0.461 e. The van der Waals surface area contributed by atoms with E-state index < -0.39 is 5.97 Å². The molecule has 0 unspecified atom stereocenters. The van der Waals surface area contributed by atoms with Gasteiger partial charge in [-0.2, -0.15) is 0 Å². The molecule has 2 N–H and O–H groups in total. The van der Waals surface area contributed by atoms with Crippen LogP contribution in [0.5, 0.6) is 0 Å². The zero-order chi connectivity index (χ0) is 11.6. The summed E-state index contributed by atoms with van der Waals surface area (Å²) >= 11 is 0. The Morgan fingerprint density at radius 3 is 2.67 bits per heavy atom. The zero-order valence-electron chi connectivity index (χ0n) is 9.57. The Kier molecular flexibility index (Phi) is 3.34. The standard InChI is InChI=1S/C10H17N3O2/c1-5-15-10(14)9-8(6(2)3)12-7(4)13(9)11/h6H,5,11H2,1-4H3. The number of carbonyl (C=O) groups excluding carboxylic acids is 1. The number of hydrogen-bond donors (Lipinski definition) is 1. The molecule has 0 saturated heterocycles. The Morgan fingerprint density at radius 2 is 2.20 bits per heavy atom. The molecule has 1 aromatic heterocycles. The van der Waals surface area contributed by atoms with Crippen molar-refractivity contribution in [2.24, 2.45) is 0 Å². The first kappa shape index (κ1) is 11.6. The molecule has 0 aliphatic carbocycles. The van der Waals surface area contributed by atoms with Crippen LogP contribution >= 0.6 is 0 Å². The van der Waals surface area contributed by atoms with Crippen molar-refractivity contribution in [3.05, 3.63) is 17.2 Å². The van der Waals surface area contributed by atoms with Crippen LogP contribution in [-0.4, -0.2) is 22.2 Å². The summed E-state index contributed by atoms with van der Waals surface area (Å²) in [5.41, 5.74) is 1.04. The van der Waals surface area contributed by atoms with Gasteiger partial charge in [-0.25, -0.2) is 14.5 Å². The number of nitrogen functional groups attached to an aromatic ring is 1. The summed E-state index contributed by atoms with van der Waals surface area (Å²) in [4.78, 5) is 15.9. The number of hydrogen-bond acceptors (Lipinski definition) is 4. The summed E-state index contributed by atoms with van der Waals surface area (Å²) in [5, 5.41) is 0. The predicted molar refractivity (Wildman–Crippen MR) is 57.2 cm³/mol. The van der Waals surface area contributed by atoms with Crippen molar-refractivity contribution in [2.75, 3.05) is 12.4 Å². The maximum atomic E-state index is 11.6. The Balaban J connectivity index is 3.19. The van der Waals surface area contributed by atoms with Gasteiger partial charge in [-0.1, -0.05) is 13.8 Å². The molecule has 0 amide bonds. The lowest BCUT2D eigenvalue weighted by atomic mass is 10.1. The monoisotopic (exact) mass is 211 g/mol. The van der Waals surface area contributed by atoms with Crippen molar-refractivity contribution in [1.82, 2.24) is 9.66 Å². The fourth-order valence-electron chi connectivity index (χ4n) is 1.37. The topological polar surface area (TPSA) is 70.1 Å². The molecule has 1 heterocycles. The Hall–Kier alpha value is -1.52. The molecule has 0 radical (unpaired) electrons. The van der Waals surface area contributed by atoms with Gasteiger partial charge in [-0.05, 0) is 19.8 Å². The molecule has 0 atom stereocenters. The van der Waals surface area contributed by atoms with E-state index in [1.54, 1.807) is 13.8 Å². The largest absolute Gasteiger partial charge is 0.461 e. The van der Waals surface area contributed by atoms with Crippen molar-refractivity contribution < 1.29 is 9.53 Å².